The predicted octanol–water partition coefficient (Wildman–Crippen LogP) is 0.119. The number of quaternary nitrogens is 1. The lowest BCUT2D eigenvalue weighted by atomic mass is 9.84. The molecule has 3 aliphatic heterocycles. The van der Waals surface area contributed by atoms with E-state index in [0.717, 1.165) is 6.54 Å². The molecule has 6 heteroatoms. The summed E-state index contributed by atoms with van der Waals surface area (Å²) < 4.78 is 15.9. The molecule has 0 radical (unpaired) electrons. The van der Waals surface area contributed by atoms with Crippen LogP contribution in [0.5, 0.6) is 17.2 Å². The molecule has 6 nitrogen and oxygen atoms in total. The van der Waals surface area contributed by atoms with E-state index < -0.39 is 0 Å². The number of carbonyl (C=O) groups excluding carboxylic acids is 1. The minimum atomic E-state index is -0.0811. The van der Waals surface area contributed by atoms with Gasteiger partial charge in [0.15, 0.2) is 11.5 Å². The number of piperidine rings is 3. The molecule has 0 saturated carbocycles. The van der Waals surface area contributed by atoms with Gasteiger partial charge in [0.2, 0.25) is 5.75 Å². The Hall–Kier alpha value is -1.95. The van der Waals surface area contributed by atoms with Crippen molar-refractivity contribution in [2.75, 3.05) is 41.0 Å². The zero-order valence-electron chi connectivity index (χ0n) is 14.0. The molecule has 0 aliphatic carbocycles. The summed E-state index contributed by atoms with van der Waals surface area (Å²) in [6.07, 6.45) is 2.41. The fraction of sp³-hybridized carbons (Fsp3) is 0.588. The van der Waals surface area contributed by atoms with E-state index in [1.165, 1.54) is 25.9 Å². The molecule has 1 atom stereocenters. The maximum atomic E-state index is 12.7. The quantitative estimate of drug-likeness (QED) is 0.809. The van der Waals surface area contributed by atoms with E-state index in [0.29, 0.717) is 28.7 Å². The second-order valence-corrected chi connectivity index (χ2v) is 6.29. The molecule has 1 aromatic carbocycles. The predicted molar refractivity (Wildman–Crippen MR) is 85.6 cm³/mol. The topological polar surface area (TPSA) is 61.2 Å². The van der Waals surface area contributed by atoms with Crippen LogP contribution in [0.25, 0.3) is 0 Å². The fourth-order valence-corrected chi connectivity index (χ4v) is 3.77. The summed E-state index contributed by atoms with van der Waals surface area (Å²) in [6.45, 7) is 3.50. The minimum absolute atomic E-state index is 0.0811. The first-order chi connectivity index (χ1) is 11.2. The zero-order chi connectivity index (χ0) is 16.4. The minimum Gasteiger partial charge on any atom is -0.493 e. The molecule has 0 aromatic heterocycles. The van der Waals surface area contributed by atoms with Crippen molar-refractivity contribution in [1.29, 1.82) is 0 Å². The van der Waals surface area contributed by atoms with Crippen LogP contribution in [0.1, 0.15) is 23.2 Å². The van der Waals surface area contributed by atoms with E-state index in [9.17, 15) is 4.79 Å². The van der Waals surface area contributed by atoms with Crippen molar-refractivity contribution in [2.24, 2.45) is 5.92 Å². The molecule has 1 aromatic rings. The number of fused-ring (bicyclic) bond motifs is 3. The Morgan fingerprint density at radius 3 is 2.13 bits per heavy atom. The van der Waals surface area contributed by atoms with Crippen molar-refractivity contribution in [1.82, 2.24) is 5.32 Å². The van der Waals surface area contributed by atoms with Crippen molar-refractivity contribution in [2.45, 2.75) is 18.9 Å². The number of benzene rings is 1. The highest BCUT2D eigenvalue weighted by atomic mass is 16.5. The van der Waals surface area contributed by atoms with Crippen LogP contribution in [-0.2, 0) is 0 Å². The van der Waals surface area contributed by atoms with Crippen LogP contribution in [0.15, 0.2) is 12.1 Å². The van der Waals surface area contributed by atoms with E-state index in [1.807, 2.05) is 0 Å². The standard InChI is InChI=1S/C17H24N2O4/c1-21-14-8-12(9-15(22-2)16(14)23-3)17(20)18-13-10-19-6-4-11(13)5-7-19/h8-9,11,13H,4-7,10H2,1-3H3,(H,18,20)/p+1/t13-/m1/s1. The first kappa shape index (κ1) is 15.9. The van der Waals surface area contributed by atoms with Gasteiger partial charge in [-0.1, -0.05) is 0 Å². The molecule has 3 aliphatic rings. The first-order valence-electron chi connectivity index (χ1n) is 8.10. The van der Waals surface area contributed by atoms with Gasteiger partial charge in [-0.3, -0.25) is 4.79 Å². The Morgan fingerprint density at radius 1 is 1.09 bits per heavy atom. The van der Waals surface area contributed by atoms with Crippen molar-refractivity contribution >= 4 is 5.91 Å². The van der Waals surface area contributed by atoms with Gasteiger partial charge in [0.25, 0.3) is 5.91 Å². The Labute approximate surface area is 136 Å². The number of nitrogens with one attached hydrogen (secondary N) is 2. The first-order valence-corrected chi connectivity index (χ1v) is 8.10. The number of hydrogen-bond acceptors (Lipinski definition) is 4. The van der Waals surface area contributed by atoms with Crippen molar-refractivity contribution in [3.8, 4) is 17.2 Å². The van der Waals surface area contributed by atoms with Crippen LogP contribution in [0.3, 0.4) is 0 Å². The van der Waals surface area contributed by atoms with Gasteiger partial charge in [0.1, 0.15) is 0 Å². The Balaban J connectivity index is 1.79. The average Bonchev–Trinajstić information content (AvgIpc) is 2.61. The van der Waals surface area contributed by atoms with Crippen LogP contribution in [-0.4, -0.2) is 52.9 Å². The number of methoxy groups -OCH3 is 3. The number of carbonyl (C=O) groups is 1. The van der Waals surface area contributed by atoms with Crippen LogP contribution < -0.4 is 24.4 Å². The second kappa shape index (κ2) is 6.66. The van der Waals surface area contributed by atoms with Crippen LogP contribution in [0, 0.1) is 5.92 Å². The second-order valence-electron chi connectivity index (χ2n) is 6.29. The average molecular weight is 321 g/mol. The third-order valence-corrected chi connectivity index (χ3v) is 5.06. The molecule has 3 heterocycles. The molecule has 23 heavy (non-hydrogen) atoms. The van der Waals surface area contributed by atoms with Crippen molar-refractivity contribution < 1.29 is 23.9 Å². The summed E-state index contributed by atoms with van der Waals surface area (Å²) >= 11 is 0. The lowest BCUT2D eigenvalue weighted by Crippen LogP contribution is -3.17. The smallest absolute Gasteiger partial charge is 0.251 e. The van der Waals surface area contributed by atoms with Gasteiger partial charge < -0.3 is 24.4 Å². The van der Waals surface area contributed by atoms with Gasteiger partial charge in [0, 0.05) is 18.4 Å². The van der Waals surface area contributed by atoms with E-state index in [4.69, 9.17) is 14.2 Å². The molecule has 0 unspecified atom stereocenters. The lowest BCUT2D eigenvalue weighted by molar-refractivity contribution is -0.917. The number of rotatable bonds is 5. The SMILES string of the molecule is COc1cc(C(=O)N[C@@H]2C[NH+]3CCC2CC3)cc(OC)c1OC. The third-order valence-electron chi connectivity index (χ3n) is 5.06. The molecule has 126 valence electrons. The molecule has 3 fully saturated rings. The third kappa shape index (κ3) is 3.08. The maximum Gasteiger partial charge on any atom is 0.251 e. The molecule has 2 N–H and O–H groups in total. The Morgan fingerprint density at radius 2 is 1.70 bits per heavy atom. The molecule has 0 spiro atoms. The van der Waals surface area contributed by atoms with E-state index >= 15 is 0 Å². The maximum absolute atomic E-state index is 12.7. The monoisotopic (exact) mass is 321 g/mol. The van der Waals surface area contributed by atoms with Crippen LogP contribution in [0.2, 0.25) is 0 Å². The number of hydrogen-bond donors (Lipinski definition) is 2. The highest BCUT2D eigenvalue weighted by Gasteiger charge is 2.38. The van der Waals surface area contributed by atoms with Gasteiger partial charge in [-0.05, 0) is 18.1 Å². The van der Waals surface area contributed by atoms with Gasteiger partial charge >= 0.3 is 0 Å². The molecule has 1 amide bonds. The van der Waals surface area contributed by atoms with E-state index in [-0.39, 0.29) is 11.9 Å². The number of amides is 1. The Bertz CT molecular complexity index is 557. The highest BCUT2D eigenvalue weighted by molar-refractivity contribution is 5.95. The normalized spacial score (nSPS) is 25.8. The highest BCUT2D eigenvalue weighted by Crippen LogP contribution is 2.38. The molecular formula is C17H25N2O4+. The van der Waals surface area contributed by atoms with Gasteiger partial charge in [-0.2, -0.15) is 0 Å². The summed E-state index contributed by atoms with van der Waals surface area (Å²) in [5, 5.41) is 3.19. The summed E-state index contributed by atoms with van der Waals surface area (Å²) in [6, 6.07) is 3.66. The van der Waals surface area contributed by atoms with E-state index in [2.05, 4.69) is 5.32 Å². The van der Waals surface area contributed by atoms with Crippen LogP contribution in [0.4, 0.5) is 0 Å². The van der Waals surface area contributed by atoms with Gasteiger partial charge in [0.05, 0.1) is 47.0 Å². The molecular weight excluding hydrogens is 296 g/mol. The molecule has 4 rings (SSSR count). The van der Waals surface area contributed by atoms with E-state index in [1.54, 1.807) is 38.4 Å². The van der Waals surface area contributed by atoms with Gasteiger partial charge in [-0.15, -0.1) is 0 Å². The Kier molecular flexibility index (Phi) is 4.61. The summed E-state index contributed by atoms with van der Waals surface area (Å²) in [5.41, 5.74) is 0.533. The molecule has 2 bridgehead atoms. The fourth-order valence-electron chi connectivity index (χ4n) is 3.77. The van der Waals surface area contributed by atoms with Gasteiger partial charge in [-0.25, -0.2) is 0 Å². The van der Waals surface area contributed by atoms with Crippen LogP contribution >= 0.6 is 0 Å². The summed E-state index contributed by atoms with van der Waals surface area (Å²) in [7, 11) is 4.65. The number of ether oxygens (including phenoxy) is 3. The molecule has 3 saturated heterocycles. The summed E-state index contributed by atoms with van der Waals surface area (Å²) in [4.78, 5) is 14.3. The largest absolute Gasteiger partial charge is 0.493 e. The van der Waals surface area contributed by atoms with Crippen molar-refractivity contribution in [3.63, 3.8) is 0 Å². The zero-order valence-corrected chi connectivity index (χ0v) is 14.0. The lowest BCUT2D eigenvalue weighted by Gasteiger charge is -2.42. The summed E-state index contributed by atoms with van der Waals surface area (Å²) in [5.74, 6) is 2.02. The van der Waals surface area contributed by atoms with Crippen molar-refractivity contribution in [3.05, 3.63) is 17.7 Å².